The van der Waals surface area contributed by atoms with Gasteiger partial charge >= 0.3 is 23.9 Å². The van der Waals surface area contributed by atoms with Crippen LogP contribution in [0.5, 0.6) is 5.75 Å². The van der Waals surface area contributed by atoms with Gasteiger partial charge in [0.1, 0.15) is 18.5 Å². The predicted octanol–water partition coefficient (Wildman–Crippen LogP) is 2.89. The number of methoxy groups -OCH3 is 1. The third-order valence-corrected chi connectivity index (χ3v) is 8.02. The lowest BCUT2D eigenvalue weighted by Crippen LogP contribution is -2.63. The molecule has 0 radical (unpaired) electrons. The maximum atomic E-state index is 14.6. The first-order chi connectivity index (χ1) is 26.8. The smallest absolute Gasteiger partial charge is 0.303 e. The number of hydrogen-bond donors (Lipinski definition) is 3. The maximum Gasteiger partial charge on any atom is 0.303 e. The number of rotatable bonds is 18. The molecule has 1 unspecified atom stereocenters. The first-order valence-electron chi connectivity index (χ1n) is 17.3. The molecule has 56 heavy (non-hydrogen) atoms. The van der Waals surface area contributed by atoms with Gasteiger partial charge in [0.15, 0.2) is 42.0 Å². The Morgan fingerprint density at radius 3 is 2.30 bits per heavy atom. The molecule has 20 heteroatoms. The summed E-state index contributed by atoms with van der Waals surface area (Å²) in [6.07, 6.45) is -1.66. The summed E-state index contributed by atoms with van der Waals surface area (Å²) in [7, 11) is 1.42. The number of esters is 4. The van der Waals surface area contributed by atoms with Gasteiger partial charge < -0.3 is 49.1 Å². The van der Waals surface area contributed by atoms with Crippen LogP contribution in [0.15, 0.2) is 42.9 Å². The molecule has 0 spiro atoms. The minimum atomic E-state index is -1.34. The van der Waals surface area contributed by atoms with Crippen molar-refractivity contribution >= 4 is 52.9 Å². The van der Waals surface area contributed by atoms with E-state index in [1.165, 1.54) is 50.8 Å². The van der Waals surface area contributed by atoms with Gasteiger partial charge in [-0.2, -0.15) is 0 Å². The van der Waals surface area contributed by atoms with Crippen molar-refractivity contribution in [1.29, 1.82) is 0 Å². The van der Waals surface area contributed by atoms with Gasteiger partial charge in [-0.3, -0.25) is 29.0 Å². The molecule has 1 amide bonds. The Hall–Kier alpha value is -5.50. The Balaban J connectivity index is 1.31. The number of nitrogens with one attached hydrogen (secondary N) is 3. The highest BCUT2D eigenvalue weighted by Crippen LogP contribution is 2.32. The molecule has 1 aliphatic heterocycles. The van der Waals surface area contributed by atoms with Crippen LogP contribution in [0.1, 0.15) is 44.5 Å². The van der Waals surface area contributed by atoms with Gasteiger partial charge in [0.2, 0.25) is 0 Å². The number of anilines is 2. The van der Waals surface area contributed by atoms with Crippen molar-refractivity contribution in [3.8, 4) is 17.1 Å². The van der Waals surface area contributed by atoms with Crippen molar-refractivity contribution < 1.29 is 61.5 Å². The number of carbonyl (C=O) groups is 5. The summed E-state index contributed by atoms with van der Waals surface area (Å²) < 4.78 is 52.9. The molecule has 1 aliphatic rings. The number of benzene rings is 1. The lowest BCUT2D eigenvalue weighted by atomic mass is 9.98. The Morgan fingerprint density at radius 1 is 0.893 bits per heavy atom. The largest absolute Gasteiger partial charge is 0.491 e. The van der Waals surface area contributed by atoms with Crippen molar-refractivity contribution in [1.82, 2.24) is 25.6 Å². The van der Waals surface area contributed by atoms with E-state index in [0.717, 1.165) is 20.8 Å². The van der Waals surface area contributed by atoms with Crippen LogP contribution in [0, 0.1) is 5.82 Å². The summed E-state index contributed by atoms with van der Waals surface area (Å²) in [6, 6.07) is 5.59. The maximum absolute atomic E-state index is 14.6. The summed E-state index contributed by atoms with van der Waals surface area (Å²) in [5, 5.41) is 9.34. The molecule has 3 N–H and O–H groups in total. The van der Waals surface area contributed by atoms with Crippen LogP contribution in [0.25, 0.3) is 11.4 Å². The van der Waals surface area contributed by atoms with Crippen LogP contribution in [0.4, 0.5) is 15.9 Å². The Labute approximate surface area is 326 Å². The number of carbonyl (C=O) groups excluding carboxylic acids is 5. The average Bonchev–Trinajstić information content (AvgIpc) is 3.14. The van der Waals surface area contributed by atoms with E-state index in [2.05, 4.69) is 30.9 Å². The minimum Gasteiger partial charge on any atom is -0.491 e. The fraction of sp³-hybridized carbons (Fsp3) is 0.444. The van der Waals surface area contributed by atoms with E-state index in [1.807, 2.05) is 0 Å². The highest BCUT2D eigenvalue weighted by molar-refractivity contribution is 6.30. The van der Waals surface area contributed by atoms with Crippen LogP contribution < -0.4 is 20.7 Å². The fourth-order valence-corrected chi connectivity index (χ4v) is 5.60. The molecule has 3 heterocycles. The molecular formula is C36H42ClFN6O12. The number of amides is 1. The summed E-state index contributed by atoms with van der Waals surface area (Å²) in [6.45, 7) is 5.21. The van der Waals surface area contributed by atoms with Crippen LogP contribution in [-0.4, -0.2) is 115 Å². The molecule has 0 saturated carbocycles. The van der Waals surface area contributed by atoms with Gasteiger partial charge in [-0.25, -0.2) is 14.4 Å². The molecule has 2 aromatic heterocycles. The number of pyridine rings is 1. The zero-order valence-electron chi connectivity index (χ0n) is 31.2. The quantitative estimate of drug-likeness (QED) is 0.0955. The van der Waals surface area contributed by atoms with E-state index >= 15 is 0 Å². The molecule has 4 rings (SSSR count). The van der Waals surface area contributed by atoms with Crippen molar-refractivity contribution in [2.45, 2.75) is 64.8 Å². The second-order valence-corrected chi connectivity index (χ2v) is 12.5. The Bertz CT molecular complexity index is 1870. The van der Waals surface area contributed by atoms with Crippen LogP contribution in [0.2, 0.25) is 5.02 Å². The molecule has 1 fully saturated rings. The lowest BCUT2D eigenvalue weighted by Gasteiger charge is -2.44. The molecule has 0 aliphatic carbocycles. The van der Waals surface area contributed by atoms with Gasteiger partial charge in [0, 0.05) is 58.2 Å². The van der Waals surface area contributed by atoms with Crippen molar-refractivity contribution in [3.63, 3.8) is 0 Å². The number of hydrogen-bond acceptors (Lipinski definition) is 17. The molecule has 302 valence electrons. The summed E-state index contributed by atoms with van der Waals surface area (Å²) in [5.41, 5.74) is 0.635. The second-order valence-electron chi connectivity index (χ2n) is 12.1. The van der Waals surface area contributed by atoms with Gasteiger partial charge in [0.25, 0.3) is 5.91 Å². The third-order valence-electron chi connectivity index (χ3n) is 7.79. The number of nitrogens with zero attached hydrogens (tertiary/aromatic N) is 3. The molecule has 18 nitrogen and oxygen atoms in total. The van der Waals surface area contributed by atoms with Gasteiger partial charge in [-0.15, -0.1) is 0 Å². The highest BCUT2D eigenvalue weighted by Gasteiger charge is 2.52. The van der Waals surface area contributed by atoms with E-state index in [-0.39, 0.29) is 54.8 Å². The minimum absolute atomic E-state index is 0.0168. The molecule has 0 bridgehead atoms. The highest BCUT2D eigenvalue weighted by atomic mass is 35.5. The molecule has 1 aromatic carbocycles. The van der Waals surface area contributed by atoms with E-state index in [0.29, 0.717) is 23.7 Å². The standard InChI is InChI=1S/C36H42ClFN6O12/c1-19(45)52-18-29-30(53-20(2)46)31(54-21(3)47)32(55-22(4)48)36(56-29)51-14-13-39-10-6-11-41-35(49)25-16-40-12-9-27(25)43-34-28(50-5)17-42-33(44-34)24-15-23(37)7-8-26(24)38/h7-9,12,15-17,29-32,36,39H,6,10-11,13-14,18H2,1-5H3,(H,41,49)(H,40,42,43,44)/t29-,30-,31+,32-,36?/m1/s1. The topological polar surface area (TPSA) is 225 Å². The average molecular weight is 805 g/mol. The van der Waals surface area contributed by atoms with Gasteiger partial charge in [-0.1, -0.05) is 11.6 Å². The summed E-state index contributed by atoms with van der Waals surface area (Å²) in [4.78, 5) is 73.3. The molecule has 1 saturated heterocycles. The number of ether oxygens (including phenoxy) is 7. The zero-order valence-corrected chi connectivity index (χ0v) is 31.9. The summed E-state index contributed by atoms with van der Waals surface area (Å²) in [5.74, 6) is -3.42. The van der Waals surface area contributed by atoms with E-state index in [9.17, 15) is 28.4 Å². The Morgan fingerprint density at radius 2 is 1.61 bits per heavy atom. The van der Waals surface area contributed by atoms with E-state index in [1.54, 1.807) is 6.07 Å². The first kappa shape index (κ1) is 43.2. The second kappa shape index (κ2) is 21.0. The number of aromatic nitrogens is 3. The van der Waals surface area contributed by atoms with Crippen molar-refractivity contribution in [2.24, 2.45) is 0 Å². The monoisotopic (exact) mass is 804 g/mol. The third kappa shape index (κ3) is 12.5. The first-order valence-corrected chi connectivity index (χ1v) is 17.6. The summed E-state index contributed by atoms with van der Waals surface area (Å²) >= 11 is 6.06. The molecule has 3 aromatic rings. The van der Waals surface area contributed by atoms with Crippen molar-refractivity contribution in [2.75, 3.05) is 45.3 Å². The van der Waals surface area contributed by atoms with Crippen LogP contribution >= 0.6 is 11.6 Å². The predicted molar refractivity (Wildman–Crippen MR) is 194 cm³/mol. The SMILES string of the molecule is COc1cnc(-c2cc(Cl)ccc2F)nc1Nc1ccncc1C(=O)NCCCNCCOC1O[C@H](COC(C)=O)[C@@H](OC(C)=O)[C@H](OC(C)=O)[C@H]1OC(C)=O. The molecular weight excluding hydrogens is 763 g/mol. The van der Waals surface area contributed by atoms with Gasteiger partial charge in [-0.05, 0) is 37.2 Å². The Kier molecular flexibility index (Phi) is 16.2. The van der Waals surface area contributed by atoms with Crippen LogP contribution in [0.3, 0.4) is 0 Å². The van der Waals surface area contributed by atoms with E-state index in [4.69, 9.17) is 44.8 Å². The van der Waals surface area contributed by atoms with Crippen LogP contribution in [-0.2, 0) is 47.6 Å². The van der Waals surface area contributed by atoms with Crippen molar-refractivity contribution in [3.05, 3.63) is 59.3 Å². The normalized spacial score (nSPS) is 18.9. The van der Waals surface area contributed by atoms with Gasteiger partial charge in [0.05, 0.1) is 36.7 Å². The van der Waals surface area contributed by atoms with E-state index < -0.39 is 66.3 Å². The lowest BCUT2D eigenvalue weighted by molar-refractivity contribution is -0.307. The molecule has 5 atom stereocenters. The fourth-order valence-electron chi connectivity index (χ4n) is 5.43. The zero-order chi connectivity index (χ0) is 40.8. The number of halogens is 2.